The van der Waals surface area contributed by atoms with Crippen molar-refractivity contribution in [2.45, 2.75) is 5.41 Å². The maximum atomic E-state index is 6.43. The summed E-state index contributed by atoms with van der Waals surface area (Å²) in [7, 11) is 0. The molecule has 0 N–H and O–H groups in total. The Morgan fingerprint density at radius 2 is 0.942 bits per heavy atom. The monoisotopic (exact) mass is 658 g/mol. The van der Waals surface area contributed by atoms with Crippen LogP contribution in [0.15, 0.2) is 182 Å². The molecule has 1 heteroatoms. The largest absolute Gasteiger partial charge is 0.456 e. The first-order chi connectivity index (χ1) is 25.8. The van der Waals surface area contributed by atoms with E-state index < -0.39 is 5.41 Å². The van der Waals surface area contributed by atoms with Gasteiger partial charge < -0.3 is 4.74 Å². The van der Waals surface area contributed by atoms with Gasteiger partial charge in [0.1, 0.15) is 11.5 Å². The van der Waals surface area contributed by atoms with Gasteiger partial charge in [-0.1, -0.05) is 158 Å². The summed E-state index contributed by atoms with van der Waals surface area (Å²) in [5.74, 6) is 1.83. The minimum Gasteiger partial charge on any atom is -0.456 e. The highest BCUT2D eigenvalue weighted by Gasteiger charge is 2.52. The summed E-state index contributed by atoms with van der Waals surface area (Å²) >= 11 is 0. The molecule has 1 heterocycles. The molecule has 1 atom stereocenters. The van der Waals surface area contributed by atoms with Crippen LogP contribution in [0.1, 0.15) is 22.3 Å². The molecule has 12 rings (SSSR count). The molecule has 1 nitrogen and oxygen atoms in total. The second-order valence-corrected chi connectivity index (χ2v) is 14.3. The van der Waals surface area contributed by atoms with Crippen molar-refractivity contribution in [3.63, 3.8) is 0 Å². The lowest BCUT2D eigenvalue weighted by Gasteiger charge is -2.31. The molecular formula is C51H30O. The molecule has 0 saturated carbocycles. The van der Waals surface area contributed by atoms with E-state index in [0.717, 1.165) is 17.1 Å². The van der Waals surface area contributed by atoms with E-state index in [-0.39, 0.29) is 0 Å². The van der Waals surface area contributed by atoms with Crippen LogP contribution in [-0.4, -0.2) is 0 Å². The normalized spacial score (nSPS) is 15.5. The molecule has 240 valence electrons. The Morgan fingerprint density at radius 3 is 1.83 bits per heavy atom. The van der Waals surface area contributed by atoms with E-state index in [4.69, 9.17) is 4.74 Å². The van der Waals surface area contributed by atoms with E-state index in [1.54, 1.807) is 0 Å². The van der Waals surface area contributed by atoms with Gasteiger partial charge in [-0.15, -0.1) is 0 Å². The minimum absolute atomic E-state index is 0.418. The fraction of sp³-hybridized carbons (Fsp3) is 0.0196. The zero-order valence-electron chi connectivity index (χ0n) is 28.2. The predicted molar refractivity (Wildman–Crippen MR) is 214 cm³/mol. The van der Waals surface area contributed by atoms with Crippen molar-refractivity contribution in [1.82, 2.24) is 0 Å². The van der Waals surface area contributed by atoms with Crippen molar-refractivity contribution in [2.24, 2.45) is 0 Å². The zero-order chi connectivity index (χ0) is 34.0. The summed E-state index contributed by atoms with van der Waals surface area (Å²) in [6.07, 6.45) is 0. The Labute approximate surface area is 302 Å². The maximum absolute atomic E-state index is 6.43. The molecule has 52 heavy (non-hydrogen) atoms. The molecule has 9 aromatic carbocycles. The molecule has 1 unspecified atom stereocenters. The van der Waals surface area contributed by atoms with Crippen molar-refractivity contribution in [1.29, 1.82) is 0 Å². The summed E-state index contributed by atoms with van der Waals surface area (Å²) < 4.78 is 6.43. The second-order valence-electron chi connectivity index (χ2n) is 14.3. The van der Waals surface area contributed by atoms with Crippen LogP contribution in [0, 0.1) is 0 Å². The van der Waals surface area contributed by atoms with Crippen LogP contribution in [0.2, 0.25) is 0 Å². The van der Waals surface area contributed by atoms with Crippen LogP contribution in [0.5, 0.6) is 11.5 Å². The smallest absolute Gasteiger partial charge is 0.135 e. The number of hydrogen-bond acceptors (Lipinski definition) is 1. The van der Waals surface area contributed by atoms with Gasteiger partial charge in [0.2, 0.25) is 0 Å². The summed E-state index contributed by atoms with van der Waals surface area (Å²) in [6, 6.07) is 67.3. The van der Waals surface area contributed by atoms with Crippen LogP contribution in [-0.2, 0) is 5.41 Å². The number of benzene rings is 9. The number of rotatable bonds is 2. The third-order valence-electron chi connectivity index (χ3n) is 11.9. The first-order valence-corrected chi connectivity index (χ1v) is 18.1. The second kappa shape index (κ2) is 10.2. The molecule has 0 bridgehead atoms. The molecule has 2 aliphatic carbocycles. The zero-order valence-corrected chi connectivity index (χ0v) is 28.2. The quantitative estimate of drug-likeness (QED) is 0.180. The fourth-order valence-electron chi connectivity index (χ4n) is 9.80. The highest BCUT2D eigenvalue weighted by molar-refractivity contribution is 6.10. The Kier molecular flexibility index (Phi) is 5.49. The molecule has 3 aliphatic rings. The lowest BCUT2D eigenvalue weighted by atomic mass is 9.69. The van der Waals surface area contributed by atoms with Crippen molar-refractivity contribution in [3.8, 4) is 67.1 Å². The van der Waals surface area contributed by atoms with Gasteiger partial charge >= 0.3 is 0 Å². The number of hydrogen-bond donors (Lipinski definition) is 0. The van der Waals surface area contributed by atoms with Gasteiger partial charge in [-0.2, -0.15) is 0 Å². The summed E-state index contributed by atoms with van der Waals surface area (Å²) in [5, 5.41) is 4.97. The minimum atomic E-state index is -0.418. The lowest BCUT2D eigenvalue weighted by Crippen LogP contribution is -2.26. The highest BCUT2D eigenvalue weighted by Crippen LogP contribution is 2.64. The van der Waals surface area contributed by atoms with Crippen LogP contribution in [0.3, 0.4) is 0 Å². The average molecular weight is 659 g/mol. The lowest BCUT2D eigenvalue weighted by molar-refractivity contribution is 0.487. The van der Waals surface area contributed by atoms with E-state index in [9.17, 15) is 0 Å². The number of fused-ring (bicyclic) bond motifs is 14. The van der Waals surface area contributed by atoms with Crippen LogP contribution in [0.25, 0.3) is 77.2 Å². The highest BCUT2D eigenvalue weighted by atomic mass is 16.5. The third-order valence-corrected chi connectivity index (χ3v) is 11.9. The summed E-state index contributed by atoms with van der Waals surface area (Å²) in [6.45, 7) is 0. The first-order valence-electron chi connectivity index (χ1n) is 18.1. The molecule has 0 fully saturated rings. The van der Waals surface area contributed by atoms with E-state index in [1.807, 2.05) is 6.07 Å². The molecule has 1 aliphatic heterocycles. The Balaban J connectivity index is 1.08. The van der Waals surface area contributed by atoms with E-state index in [0.29, 0.717) is 0 Å². The van der Waals surface area contributed by atoms with Crippen molar-refractivity contribution < 1.29 is 4.74 Å². The topological polar surface area (TPSA) is 9.23 Å². The van der Waals surface area contributed by atoms with Crippen molar-refractivity contribution in [3.05, 3.63) is 204 Å². The maximum Gasteiger partial charge on any atom is 0.135 e. The van der Waals surface area contributed by atoms with Crippen LogP contribution < -0.4 is 4.74 Å². The van der Waals surface area contributed by atoms with Gasteiger partial charge in [-0.3, -0.25) is 0 Å². The van der Waals surface area contributed by atoms with Gasteiger partial charge in [-0.05, 0) is 113 Å². The van der Waals surface area contributed by atoms with Gasteiger partial charge in [-0.25, -0.2) is 0 Å². The van der Waals surface area contributed by atoms with Crippen molar-refractivity contribution >= 4 is 21.5 Å². The van der Waals surface area contributed by atoms with Crippen LogP contribution >= 0.6 is 0 Å². The SMILES string of the molecule is c1cc(-c2ccc3c(c2)C2(c4ccccc4-3)c3ccccc3-c3ccc4ccccc4c32)cc(-c2ccc3c4c(cccc24)-c2ccccc2O3)c1. The summed E-state index contributed by atoms with van der Waals surface area (Å²) in [5.41, 5.74) is 17.6. The van der Waals surface area contributed by atoms with Gasteiger partial charge in [0.05, 0.1) is 5.41 Å². The Morgan fingerprint density at radius 1 is 0.327 bits per heavy atom. The molecular weight excluding hydrogens is 629 g/mol. The molecule has 0 aromatic heterocycles. The van der Waals surface area contributed by atoms with E-state index >= 15 is 0 Å². The molecule has 0 saturated heterocycles. The molecule has 0 amide bonds. The van der Waals surface area contributed by atoms with Gasteiger partial charge in [0.25, 0.3) is 0 Å². The fourth-order valence-corrected chi connectivity index (χ4v) is 9.80. The van der Waals surface area contributed by atoms with Gasteiger partial charge in [0.15, 0.2) is 0 Å². The number of para-hydroxylation sites is 1. The summed E-state index contributed by atoms with van der Waals surface area (Å²) in [4.78, 5) is 0. The standard InChI is InChI=1S/C51H30O/c1-2-14-36-31(11-1)23-26-43-38-16-4-7-21-45(38)51(50(36)43)44-20-6-3-15-37(44)39-25-24-33(30-46(39)51)32-12-9-13-34(29-32)35-27-28-48-49-41(35)18-10-19-42(49)40-17-5-8-22-47(40)52-48/h1-30H. The molecule has 9 aromatic rings. The third kappa shape index (κ3) is 3.52. The van der Waals surface area contributed by atoms with E-state index in [1.165, 1.54) is 93.9 Å². The average Bonchev–Trinajstić information content (AvgIpc) is 3.68. The Hall–Kier alpha value is -6.70. The predicted octanol–water partition coefficient (Wildman–Crippen LogP) is 13.4. The Bertz CT molecular complexity index is 2990. The number of ether oxygens (including phenoxy) is 1. The molecule has 0 radical (unpaired) electrons. The van der Waals surface area contributed by atoms with Gasteiger partial charge in [0, 0.05) is 10.9 Å². The van der Waals surface area contributed by atoms with E-state index in [2.05, 4.69) is 176 Å². The molecule has 1 spiro atoms. The van der Waals surface area contributed by atoms with Crippen LogP contribution in [0.4, 0.5) is 0 Å². The van der Waals surface area contributed by atoms with Crippen molar-refractivity contribution in [2.75, 3.05) is 0 Å². The first kappa shape index (κ1) is 28.0.